The van der Waals surface area contributed by atoms with Crippen molar-refractivity contribution in [1.29, 1.82) is 0 Å². The standard InChI is InChI=1S/C26H32N2O5/c1-5-28(17(4)14-23(29)30)25(31)24(16(2)3)27-26(32)33-15-22-20-12-8-6-10-18(20)19-11-7-9-13-21(19)22/h6-13,16-17,22,24H,5,14-15H2,1-4H3,(H,27,32)(H,29,30). The molecule has 2 aromatic rings. The quantitative estimate of drug-likeness (QED) is 0.593. The predicted molar refractivity (Wildman–Crippen MR) is 126 cm³/mol. The molecule has 1 aliphatic rings. The second kappa shape index (κ2) is 10.5. The third kappa shape index (κ3) is 5.35. The Balaban J connectivity index is 1.69. The molecular formula is C26H32N2O5. The highest BCUT2D eigenvalue weighted by molar-refractivity contribution is 5.86. The molecule has 2 N–H and O–H groups in total. The monoisotopic (exact) mass is 452 g/mol. The molecule has 2 aromatic carbocycles. The van der Waals surface area contributed by atoms with Crippen LogP contribution >= 0.6 is 0 Å². The number of alkyl carbamates (subject to hydrolysis) is 1. The van der Waals surface area contributed by atoms with Gasteiger partial charge in [-0.15, -0.1) is 0 Å². The summed E-state index contributed by atoms with van der Waals surface area (Å²) < 4.78 is 5.59. The number of aliphatic carboxylic acids is 1. The van der Waals surface area contributed by atoms with E-state index in [-0.39, 0.29) is 30.8 Å². The molecule has 7 nitrogen and oxygen atoms in total. The van der Waals surface area contributed by atoms with Crippen LogP contribution in [0.25, 0.3) is 11.1 Å². The normalized spacial score (nSPS) is 14.2. The molecule has 176 valence electrons. The van der Waals surface area contributed by atoms with Gasteiger partial charge in [-0.1, -0.05) is 62.4 Å². The number of carbonyl (C=O) groups excluding carboxylic acids is 2. The molecular weight excluding hydrogens is 420 g/mol. The molecule has 1 aliphatic carbocycles. The summed E-state index contributed by atoms with van der Waals surface area (Å²) in [5, 5.41) is 11.8. The van der Waals surface area contributed by atoms with E-state index in [0.29, 0.717) is 6.54 Å². The van der Waals surface area contributed by atoms with E-state index in [9.17, 15) is 14.4 Å². The van der Waals surface area contributed by atoms with Gasteiger partial charge >= 0.3 is 12.1 Å². The Morgan fingerprint density at radius 2 is 1.55 bits per heavy atom. The lowest BCUT2D eigenvalue weighted by Gasteiger charge is -2.32. The highest BCUT2D eigenvalue weighted by Gasteiger charge is 2.33. The average Bonchev–Trinajstić information content (AvgIpc) is 3.09. The lowest BCUT2D eigenvalue weighted by atomic mass is 9.98. The number of nitrogens with one attached hydrogen (secondary N) is 1. The molecule has 0 heterocycles. The van der Waals surface area contributed by atoms with Crippen molar-refractivity contribution in [3.63, 3.8) is 0 Å². The van der Waals surface area contributed by atoms with Crippen LogP contribution < -0.4 is 5.32 Å². The summed E-state index contributed by atoms with van der Waals surface area (Å²) >= 11 is 0. The number of amides is 2. The Morgan fingerprint density at radius 3 is 2.03 bits per heavy atom. The van der Waals surface area contributed by atoms with Crippen LogP contribution in [0.5, 0.6) is 0 Å². The molecule has 0 saturated heterocycles. The molecule has 0 radical (unpaired) electrons. The maximum absolute atomic E-state index is 13.1. The van der Waals surface area contributed by atoms with Gasteiger partial charge in [-0.25, -0.2) is 4.79 Å². The van der Waals surface area contributed by atoms with E-state index < -0.39 is 24.1 Å². The highest BCUT2D eigenvalue weighted by atomic mass is 16.5. The molecule has 0 spiro atoms. The number of fused-ring (bicyclic) bond motifs is 3. The van der Waals surface area contributed by atoms with Gasteiger partial charge in [-0.2, -0.15) is 0 Å². The second-order valence-electron chi connectivity index (χ2n) is 8.76. The maximum Gasteiger partial charge on any atom is 0.407 e. The number of carboxylic acids is 1. The third-order valence-electron chi connectivity index (χ3n) is 6.18. The number of nitrogens with zero attached hydrogens (tertiary/aromatic N) is 1. The lowest BCUT2D eigenvalue weighted by molar-refractivity contribution is -0.141. The number of rotatable bonds is 9. The van der Waals surface area contributed by atoms with Gasteiger partial charge < -0.3 is 20.1 Å². The molecule has 2 atom stereocenters. The smallest absolute Gasteiger partial charge is 0.407 e. The number of carbonyl (C=O) groups is 3. The van der Waals surface area contributed by atoms with Crippen molar-refractivity contribution in [3.8, 4) is 11.1 Å². The van der Waals surface area contributed by atoms with E-state index in [1.54, 1.807) is 13.8 Å². The number of hydrogen-bond acceptors (Lipinski definition) is 4. The van der Waals surface area contributed by atoms with Gasteiger partial charge in [0.1, 0.15) is 12.6 Å². The van der Waals surface area contributed by atoms with E-state index in [1.165, 1.54) is 4.90 Å². The van der Waals surface area contributed by atoms with Crippen LogP contribution in [0.1, 0.15) is 51.2 Å². The zero-order chi connectivity index (χ0) is 24.1. The van der Waals surface area contributed by atoms with Crippen LogP contribution in [0.2, 0.25) is 0 Å². The molecule has 0 fully saturated rings. The van der Waals surface area contributed by atoms with E-state index >= 15 is 0 Å². The van der Waals surface area contributed by atoms with Gasteiger partial charge in [0.15, 0.2) is 0 Å². The SMILES string of the molecule is CCN(C(=O)C(NC(=O)OCC1c2ccccc2-c2ccccc21)C(C)C)C(C)CC(=O)O. The minimum atomic E-state index is -0.973. The largest absolute Gasteiger partial charge is 0.481 e. The molecule has 3 rings (SSSR count). The second-order valence-corrected chi connectivity index (χ2v) is 8.76. The molecule has 0 saturated carbocycles. The summed E-state index contributed by atoms with van der Waals surface area (Å²) in [6, 6.07) is 14.9. The van der Waals surface area contributed by atoms with E-state index in [4.69, 9.17) is 9.84 Å². The van der Waals surface area contributed by atoms with Gasteiger partial charge in [0.05, 0.1) is 6.42 Å². The van der Waals surface area contributed by atoms with Crippen molar-refractivity contribution in [2.24, 2.45) is 5.92 Å². The van der Waals surface area contributed by atoms with Crippen LogP contribution in [0.15, 0.2) is 48.5 Å². The van der Waals surface area contributed by atoms with Gasteiger partial charge in [-0.3, -0.25) is 9.59 Å². The van der Waals surface area contributed by atoms with Crippen molar-refractivity contribution in [1.82, 2.24) is 10.2 Å². The maximum atomic E-state index is 13.1. The molecule has 0 bridgehead atoms. The van der Waals surface area contributed by atoms with E-state index in [1.807, 2.05) is 50.2 Å². The summed E-state index contributed by atoms with van der Waals surface area (Å²) in [6.45, 7) is 7.67. The topological polar surface area (TPSA) is 95.9 Å². The van der Waals surface area contributed by atoms with Gasteiger partial charge in [0.2, 0.25) is 5.91 Å². The Morgan fingerprint density at radius 1 is 1.00 bits per heavy atom. The molecule has 0 aromatic heterocycles. The fourth-order valence-corrected chi connectivity index (χ4v) is 4.51. The van der Waals surface area contributed by atoms with Crippen molar-refractivity contribution in [3.05, 3.63) is 59.7 Å². The number of likely N-dealkylation sites (N-methyl/N-ethyl adjacent to an activating group) is 1. The summed E-state index contributed by atoms with van der Waals surface area (Å²) in [5.74, 6) is -1.54. The number of carboxylic acid groups (broad SMARTS) is 1. The Kier molecular flexibility index (Phi) is 7.74. The average molecular weight is 453 g/mol. The molecule has 0 aliphatic heterocycles. The summed E-state index contributed by atoms with van der Waals surface area (Å²) in [4.78, 5) is 38.4. The summed E-state index contributed by atoms with van der Waals surface area (Å²) in [5.41, 5.74) is 4.51. The van der Waals surface area contributed by atoms with Crippen molar-refractivity contribution in [2.45, 2.75) is 52.1 Å². The summed E-state index contributed by atoms with van der Waals surface area (Å²) in [6.07, 6.45) is -0.819. The van der Waals surface area contributed by atoms with Crippen molar-refractivity contribution >= 4 is 18.0 Å². The number of ether oxygens (including phenoxy) is 1. The van der Waals surface area contributed by atoms with Crippen LogP contribution in [-0.2, 0) is 14.3 Å². The van der Waals surface area contributed by atoms with Crippen LogP contribution in [-0.4, -0.2) is 53.2 Å². The van der Waals surface area contributed by atoms with Crippen molar-refractivity contribution in [2.75, 3.05) is 13.2 Å². The zero-order valence-corrected chi connectivity index (χ0v) is 19.6. The Labute approximate surface area is 194 Å². The zero-order valence-electron chi connectivity index (χ0n) is 19.6. The van der Waals surface area contributed by atoms with Gasteiger partial charge in [0, 0.05) is 18.5 Å². The van der Waals surface area contributed by atoms with Crippen LogP contribution in [0.4, 0.5) is 4.79 Å². The van der Waals surface area contributed by atoms with Gasteiger partial charge in [0.25, 0.3) is 0 Å². The highest BCUT2D eigenvalue weighted by Crippen LogP contribution is 2.44. The van der Waals surface area contributed by atoms with E-state index in [0.717, 1.165) is 22.3 Å². The first-order valence-electron chi connectivity index (χ1n) is 11.4. The molecule has 2 unspecified atom stereocenters. The van der Waals surface area contributed by atoms with E-state index in [2.05, 4.69) is 17.4 Å². The van der Waals surface area contributed by atoms with Crippen LogP contribution in [0.3, 0.4) is 0 Å². The lowest BCUT2D eigenvalue weighted by Crippen LogP contribution is -2.53. The van der Waals surface area contributed by atoms with Crippen LogP contribution in [0, 0.1) is 5.92 Å². The Hall–Kier alpha value is -3.35. The fourth-order valence-electron chi connectivity index (χ4n) is 4.51. The minimum absolute atomic E-state index is 0.0703. The first kappa shape index (κ1) is 24.3. The third-order valence-corrected chi connectivity index (χ3v) is 6.18. The predicted octanol–water partition coefficient (Wildman–Crippen LogP) is 4.26. The fraction of sp³-hybridized carbons (Fsp3) is 0.423. The van der Waals surface area contributed by atoms with Gasteiger partial charge in [-0.05, 0) is 42.0 Å². The summed E-state index contributed by atoms with van der Waals surface area (Å²) in [7, 11) is 0. The molecule has 33 heavy (non-hydrogen) atoms. The first-order valence-corrected chi connectivity index (χ1v) is 11.4. The van der Waals surface area contributed by atoms with Crippen molar-refractivity contribution < 1.29 is 24.2 Å². The minimum Gasteiger partial charge on any atom is -0.481 e. The number of hydrogen-bond donors (Lipinski definition) is 2. The number of benzene rings is 2. The molecule has 7 heteroatoms. The first-order chi connectivity index (χ1) is 15.7. The molecule has 2 amide bonds. The Bertz CT molecular complexity index is 974.